The summed E-state index contributed by atoms with van der Waals surface area (Å²) in [6, 6.07) is 9.24. The highest BCUT2D eigenvalue weighted by Gasteiger charge is 2.16. The molecule has 0 atom stereocenters. The predicted molar refractivity (Wildman–Crippen MR) is 112 cm³/mol. The quantitative estimate of drug-likeness (QED) is 0.281. The van der Waals surface area contributed by atoms with Crippen LogP contribution in [0.2, 0.25) is 0 Å². The molecule has 0 saturated carbocycles. The Balaban J connectivity index is 1.48. The summed E-state index contributed by atoms with van der Waals surface area (Å²) >= 11 is 3.49. The summed E-state index contributed by atoms with van der Waals surface area (Å²) in [5, 5.41) is 18.3. The lowest BCUT2D eigenvalue weighted by Gasteiger charge is -2.06. The normalized spacial score (nSPS) is 10.8. The summed E-state index contributed by atoms with van der Waals surface area (Å²) in [4.78, 5) is 22.8. The van der Waals surface area contributed by atoms with E-state index in [1.165, 1.54) is 12.1 Å². The van der Waals surface area contributed by atoms with Crippen LogP contribution < -0.4 is 10.1 Å². The van der Waals surface area contributed by atoms with Crippen LogP contribution in [0.25, 0.3) is 0 Å². The van der Waals surface area contributed by atoms with Crippen molar-refractivity contribution in [1.82, 2.24) is 15.1 Å². The van der Waals surface area contributed by atoms with E-state index in [-0.39, 0.29) is 29.7 Å². The minimum absolute atomic E-state index is 0.0229. The zero-order chi connectivity index (χ0) is 21.7. The molecule has 1 aromatic carbocycles. The number of nitro groups is 1. The van der Waals surface area contributed by atoms with E-state index in [1.807, 2.05) is 18.5 Å². The molecule has 0 radical (unpaired) electrons. The molecular weight excluding hydrogens is 456 g/mol. The van der Waals surface area contributed by atoms with Gasteiger partial charge >= 0.3 is 5.69 Å². The molecule has 1 amide bonds. The second kappa shape index (κ2) is 9.57. The molecule has 9 nitrogen and oxygen atoms in total. The molecule has 2 heterocycles. The van der Waals surface area contributed by atoms with Crippen molar-refractivity contribution in [2.24, 2.45) is 0 Å². The molecule has 2 aromatic heterocycles. The van der Waals surface area contributed by atoms with Gasteiger partial charge in [0.15, 0.2) is 11.5 Å². The van der Waals surface area contributed by atoms with Gasteiger partial charge in [-0.3, -0.25) is 19.6 Å². The molecule has 0 bridgehead atoms. The minimum atomic E-state index is -0.513. The molecule has 3 aromatic rings. The fourth-order valence-corrected chi connectivity index (χ4v) is 3.15. The number of nitro benzene ring substituents is 1. The molecule has 0 aliphatic carbocycles. The number of hydrogen-bond acceptors (Lipinski definition) is 6. The Kier molecular flexibility index (Phi) is 6.88. The number of halogens is 1. The Hall–Kier alpha value is -3.14. The fraction of sp³-hybridized carbons (Fsp3) is 0.300. The second-order valence-corrected chi connectivity index (χ2v) is 7.39. The zero-order valence-electron chi connectivity index (χ0n) is 16.6. The highest BCUT2D eigenvalue weighted by atomic mass is 79.9. The molecule has 0 spiro atoms. The van der Waals surface area contributed by atoms with Crippen LogP contribution in [0.15, 0.2) is 45.3 Å². The van der Waals surface area contributed by atoms with Crippen molar-refractivity contribution in [2.75, 3.05) is 6.54 Å². The van der Waals surface area contributed by atoms with Crippen LogP contribution in [0.3, 0.4) is 0 Å². The van der Waals surface area contributed by atoms with Crippen molar-refractivity contribution < 1.29 is 18.9 Å². The number of aryl methyl sites for hydroxylation is 2. The third-order valence-electron chi connectivity index (χ3n) is 4.44. The maximum atomic E-state index is 12.2. The Morgan fingerprint density at radius 2 is 2.07 bits per heavy atom. The van der Waals surface area contributed by atoms with Crippen LogP contribution in [0.1, 0.15) is 34.1 Å². The van der Waals surface area contributed by atoms with Crippen LogP contribution in [-0.2, 0) is 13.2 Å². The van der Waals surface area contributed by atoms with Gasteiger partial charge in [-0.1, -0.05) is 12.1 Å². The maximum Gasteiger partial charge on any atom is 0.310 e. The van der Waals surface area contributed by atoms with Gasteiger partial charge in [0.25, 0.3) is 5.91 Å². The summed E-state index contributed by atoms with van der Waals surface area (Å²) < 4.78 is 13.9. The number of para-hydroxylation sites is 2. The molecule has 0 aliphatic heterocycles. The highest BCUT2D eigenvalue weighted by molar-refractivity contribution is 9.10. The number of ether oxygens (including phenoxy) is 1. The third kappa shape index (κ3) is 5.07. The number of nitrogens with one attached hydrogen (secondary N) is 1. The first-order chi connectivity index (χ1) is 14.4. The van der Waals surface area contributed by atoms with E-state index >= 15 is 0 Å². The summed E-state index contributed by atoms with van der Waals surface area (Å²) in [7, 11) is 0. The number of benzene rings is 1. The molecule has 158 valence electrons. The van der Waals surface area contributed by atoms with Crippen LogP contribution in [0.5, 0.6) is 5.75 Å². The van der Waals surface area contributed by atoms with E-state index in [1.54, 1.807) is 24.3 Å². The van der Waals surface area contributed by atoms with Crippen molar-refractivity contribution in [3.8, 4) is 5.75 Å². The average molecular weight is 477 g/mol. The van der Waals surface area contributed by atoms with Crippen molar-refractivity contribution in [3.05, 3.63) is 73.9 Å². The summed E-state index contributed by atoms with van der Waals surface area (Å²) in [6.45, 7) is 5.05. The molecule has 0 aliphatic rings. The molecule has 30 heavy (non-hydrogen) atoms. The topological polar surface area (TPSA) is 112 Å². The van der Waals surface area contributed by atoms with E-state index in [4.69, 9.17) is 9.15 Å². The van der Waals surface area contributed by atoms with Gasteiger partial charge in [0.1, 0.15) is 12.4 Å². The second-order valence-electron chi connectivity index (χ2n) is 6.60. The first-order valence-corrected chi connectivity index (χ1v) is 10.1. The standard InChI is InChI=1S/C20H21BrN4O5/c1-13-19(21)14(2)24(23-13)11-5-10-22-20(26)18-9-8-15(30-18)12-29-17-7-4-3-6-16(17)25(27)28/h3-4,6-9H,5,10-12H2,1-2H3,(H,22,26). The van der Waals surface area contributed by atoms with Crippen molar-refractivity contribution in [2.45, 2.75) is 33.4 Å². The highest BCUT2D eigenvalue weighted by Crippen LogP contribution is 2.27. The van der Waals surface area contributed by atoms with E-state index in [9.17, 15) is 14.9 Å². The average Bonchev–Trinajstić information content (AvgIpc) is 3.30. The van der Waals surface area contributed by atoms with Crippen molar-refractivity contribution in [1.29, 1.82) is 0 Å². The Morgan fingerprint density at radius 1 is 1.30 bits per heavy atom. The van der Waals surface area contributed by atoms with Gasteiger partial charge in [-0.25, -0.2) is 0 Å². The van der Waals surface area contributed by atoms with Gasteiger partial charge in [0.05, 0.1) is 15.1 Å². The number of aromatic nitrogens is 2. The number of hydrogen-bond donors (Lipinski definition) is 1. The molecule has 0 unspecified atom stereocenters. The van der Waals surface area contributed by atoms with E-state index in [2.05, 4.69) is 26.3 Å². The van der Waals surface area contributed by atoms with Crippen LogP contribution >= 0.6 is 15.9 Å². The van der Waals surface area contributed by atoms with E-state index < -0.39 is 4.92 Å². The number of amides is 1. The van der Waals surface area contributed by atoms with Gasteiger partial charge in [0.2, 0.25) is 0 Å². The number of nitrogens with zero attached hydrogens (tertiary/aromatic N) is 3. The van der Waals surface area contributed by atoms with Crippen LogP contribution in [0, 0.1) is 24.0 Å². The smallest absolute Gasteiger partial charge is 0.310 e. The molecule has 0 saturated heterocycles. The lowest BCUT2D eigenvalue weighted by molar-refractivity contribution is -0.386. The first kappa shape index (κ1) is 21.6. The minimum Gasteiger partial charge on any atom is -0.479 e. The monoisotopic (exact) mass is 476 g/mol. The SMILES string of the molecule is Cc1nn(CCCNC(=O)c2ccc(COc3ccccc3[N+](=O)[O-])o2)c(C)c1Br. The number of furan rings is 1. The summed E-state index contributed by atoms with van der Waals surface area (Å²) in [6.07, 6.45) is 0.717. The largest absolute Gasteiger partial charge is 0.479 e. The van der Waals surface area contributed by atoms with E-state index in [0.717, 1.165) is 15.9 Å². The lowest BCUT2D eigenvalue weighted by Crippen LogP contribution is -2.25. The van der Waals surface area contributed by atoms with Gasteiger partial charge in [-0.15, -0.1) is 0 Å². The van der Waals surface area contributed by atoms with Gasteiger partial charge in [-0.2, -0.15) is 5.10 Å². The molecule has 3 rings (SSSR count). The maximum absolute atomic E-state index is 12.2. The Bertz CT molecular complexity index is 1060. The molecular formula is C20H21BrN4O5. The van der Waals surface area contributed by atoms with Crippen LogP contribution in [0.4, 0.5) is 5.69 Å². The lowest BCUT2D eigenvalue weighted by atomic mass is 10.3. The van der Waals surface area contributed by atoms with Gasteiger partial charge in [-0.05, 0) is 54.4 Å². The number of carbonyl (C=O) groups excluding carboxylic acids is 1. The predicted octanol–water partition coefficient (Wildman–Crippen LogP) is 4.16. The number of carbonyl (C=O) groups is 1. The third-order valence-corrected chi connectivity index (χ3v) is 5.59. The van der Waals surface area contributed by atoms with Crippen LogP contribution in [-0.4, -0.2) is 27.2 Å². The Morgan fingerprint density at radius 3 is 2.77 bits per heavy atom. The van der Waals surface area contributed by atoms with Gasteiger partial charge in [0, 0.05) is 24.8 Å². The molecule has 10 heteroatoms. The Labute approximate surface area is 181 Å². The van der Waals surface area contributed by atoms with E-state index in [0.29, 0.717) is 25.3 Å². The molecule has 1 N–H and O–H groups in total. The first-order valence-electron chi connectivity index (χ1n) is 9.29. The van der Waals surface area contributed by atoms with Gasteiger partial charge < -0.3 is 14.5 Å². The zero-order valence-corrected chi connectivity index (χ0v) is 18.1. The van der Waals surface area contributed by atoms with Crippen molar-refractivity contribution >= 4 is 27.5 Å². The van der Waals surface area contributed by atoms with Crippen molar-refractivity contribution in [3.63, 3.8) is 0 Å². The number of rotatable bonds is 9. The fourth-order valence-electron chi connectivity index (χ4n) is 2.87. The summed E-state index contributed by atoms with van der Waals surface area (Å²) in [5.74, 6) is 0.359. The molecule has 0 fully saturated rings. The summed E-state index contributed by atoms with van der Waals surface area (Å²) in [5.41, 5.74) is 1.85.